The first-order chi connectivity index (χ1) is 21.3. The van der Waals surface area contributed by atoms with Crippen molar-refractivity contribution in [2.24, 2.45) is 0 Å². The van der Waals surface area contributed by atoms with Crippen molar-refractivity contribution in [2.45, 2.75) is 30.7 Å². The summed E-state index contributed by atoms with van der Waals surface area (Å²) in [6, 6.07) is 9.99. The van der Waals surface area contributed by atoms with Gasteiger partial charge in [-0.25, -0.2) is 4.79 Å². The summed E-state index contributed by atoms with van der Waals surface area (Å²) in [7, 11) is 0. The molecular formula is C30H26O15. The van der Waals surface area contributed by atoms with Gasteiger partial charge in [0, 0.05) is 17.7 Å². The van der Waals surface area contributed by atoms with E-state index in [9.17, 15) is 55.5 Å². The zero-order chi connectivity index (χ0) is 32.6. The zero-order valence-electron chi connectivity index (χ0n) is 22.8. The van der Waals surface area contributed by atoms with Crippen LogP contribution in [0.5, 0.6) is 40.2 Å². The van der Waals surface area contributed by atoms with Gasteiger partial charge in [-0.05, 0) is 48.0 Å². The van der Waals surface area contributed by atoms with Crippen LogP contribution in [0.15, 0.2) is 63.8 Å². The van der Waals surface area contributed by atoms with E-state index in [2.05, 4.69) is 0 Å². The van der Waals surface area contributed by atoms with Gasteiger partial charge in [-0.15, -0.1) is 0 Å². The second kappa shape index (κ2) is 12.3. The molecule has 45 heavy (non-hydrogen) atoms. The maximum absolute atomic E-state index is 12.9. The van der Waals surface area contributed by atoms with Crippen molar-refractivity contribution >= 4 is 23.0 Å². The summed E-state index contributed by atoms with van der Waals surface area (Å²) >= 11 is 0. The van der Waals surface area contributed by atoms with Crippen molar-refractivity contribution in [1.82, 2.24) is 0 Å². The summed E-state index contributed by atoms with van der Waals surface area (Å²) in [5, 5.41) is 90.7. The third kappa shape index (κ3) is 6.13. The molecule has 15 heteroatoms. The topological polar surface area (TPSA) is 257 Å². The Bertz CT molecular complexity index is 1830. The van der Waals surface area contributed by atoms with Crippen LogP contribution in [0.4, 0.5) is 0 Å². The molecule has 1 aliphatic rings. The van der Waals surface area contributed by atoms with E-state index in [0.29, 0.717) is 5.56 Å². The summed E-state index contributed by atoms with van der Waals surface area (Å²) in [5.74, 6) is -5.69. The van der Waals surface area contributed by atoms with Crippen LogP contribution < -0.4 is 10.2 Å². The normalized spacial score (nSPS) is 21.6. The van der Waals surface area contributed by atoms with Crippen LogP contribution in [0.1, 0.15) is 5.56 Å². The molecule has 3 aromatic carbocycles. The second-order valence-electron chi connectivity index (χ2n) is 9.94. The number of carbonyl (C=O) groups is 1. The van der Waals surface area contributed by atoms with Crippen molar-refractivity contribution in [3.05, 3.63) is 70.4 Å². The molecule has 1 saturated heterocycles. The van der Waals surface area contributed by atoms with Crippen LogP contribution in [-0.4, -0.2) is 89.2 Å². The van der Waals surface area contributed by atoms with E-state index in [1.54, 1.807) is 0 Å². The number of aromatic hydroxyl groups is 6. The fraction of sp³-hybridized carbons (Fsp3) is 0.200. The summed E-state index contributed by atoms with van der Waals surface area (Å²) in [5.41, 5.74) is -0.959. The summed E-state index contributed by atoms with van der Waals surface area (Å²) in [4.78, 5) is 25.1. The number of benzene rings is 3. The number of ether oxygens (including phenoxy) is 3. The fourth-order valence-corrected chi connectivity index (χ4v) is 4.49. The molecule has 9 N–H and O–H groups in total. The summed E-state index contributed by atoms with van der Waals surface area (Å²) in [6.07, 6.45) is -6.63. The molecule has 5 atom stereocenters. The van der Waals surface area contributed by atoms with Crippen molar-refractivity contribution < 1.29 is 69.4 Å². The van der Waals surface area contributed by atoms with Gasteiger partial charge >= 0.3 is 5.97 Å². The Labute approximate surface area is 251 Å². The fourth-order valence-electron chi connectivity index (χ4n) is 4.49. The van der Waals surface area contributed by atoms with E-state index in [-0.39, 0.29) is 28.4 Å². The van der Waals surface area contributed by atoms with Gasteiger partial charge in [-0.3, -0.25) is 4.79 Å². The first-order valence-corrected chi connectivity index (χ1v) is 13.1. The number of rotatable bonds is 7. The van der Waals surface area contributed by atoms with Crippen LogP contribution >= 0.6 is 0 Å². The Balaban J connectivity index is 1.36. The molecule has 0 spiro atoms. The number of esters is 1. The average Bonchev–Trinajstić information content (AvgIpc) is 3.01. The van der Waals surface area contributed by atoms with E-state index in [1.807, 2.05) is 0 Å². The Hall–Kier alpha value is -5.48. The van der Waals surface area contributed by atoms with Gasteiger partial charge in [0.2, 0.25) is 23.2 Å². The van der Waals surface area contributed by atoms with Crippen molar-refractivity contribution in [3.63, 3.8) is 0 Å². The van der Waals surface area contributed by atoms with Crippen LogP contribution in [0.2, 0.25) is 0 Å². The molecule has 1 aromatic heterocycles. The molecule has 1 fully saturated rings. The lowest BCUT2D eigenvalue weighted by Gasteiger charge is -2.39. The number of phenolic OH excluding ortho intramolecular Hbond substituents is 5. The molecule has 2 heterocycles. The SMILES string of the molecule is O=C(C=Cc1ccc(O)c(O)c1)OC[C@H]1O[C@@H](Oc2cc3oc(-c4ccc(O)cc4)c(O)c(=O)c3c(O)c2O)[C@H](O)[C@@H](O)[C@@H]1O. The summed E-state index contributed by atoms with van der Waals surface area (Å²) in [6.45, 7) is -0.645. The lowest BCUT2D eigenvalue weighted by molar-refractivity contribution is -0.278. The van der Waals surface area contributed by atoms with Crippen LogP contribution in [0.3, 0.4) is 0 Å². The van der Waals surface area contributed by atoms with Crippen LogP contribution in [-0.2, 0) is 14.3 Å². The first kappa shape index (κ1) is 31.0. The zero-order valence-corrected chi connectivity index (χ0v) is 22.8. The molecule has 5 rings (SSSR count). The predicted molar refractivity (Wildman–Crippen MR) is 152 cm³/mol. The van der Waals surface area contributed by atoms with E-state index >= 15 is 0 Å². The average molecular weight is 627 g/mol. The second-order valence-corrected chi connectivity index (χ2v) is 9.94. The molecule has 236 valence electrons. The number of phenols is 5. The molecule has 4 aromatic rings. The minimum Gasteiger partial charge on any atom is -0.508 e. The van der Waals surface area contributed by atoms with Gasteiger partial charge in [0.05, 0.1) is 0 Å². The highest BCUT2D eigenvalue weighted by Gasteiger charge is 2.46. The highest BCUT2D eigenvalue weighted by atomic mass is 16.7. The quantitative estimate of drug-likeness (QED) is 0.0791. The first-order valence-electron chi connectivity index (χ1n) is 13.1. The van der Waals surface area contributed by atoms with Gasteiger partial charge in [0.15, 0.2) is 28.8 Å². The lowest BCUT2D eigenvalue weighted by Crippen LogP contribution is -2.60. The van der Waals surface area contributed by atoms with E-state index in [0.717, 1.165) is 12.1 Å². The Morgan fingerprint density at radius 2 is 1.53 bits per heavy atom. The molecular weight excluding hydrogens is 600 g/mol. The molecule has 0 amide bonds. The molecule has 15 nitrogen and oxygen atoms in total. The Morgan fingerprint density at radius 3 is 2.22 bits per heavy atom. The number of hydrogen-bond donors (Lipinski definition) is 9. The number of aliphatic hydroxyl groups is 3. The van der Waals surface area contributed by atoms with Crippen LogP contribution in [0, 0.1) is 0 Å². The van der Waals surface area contributed by atoms with E-state index in [4.69, 9.17) is 18.6 Å². The third-order valence-corrected chi connectivity index (χ3v) is 6.91. The largest absolute Gasteiger partial charge is 0.508 e. The highest BCUT2D eigenvalue weighted by Crippen LogP contribution is 2.44. The number of hydrogen-bond acceptors (Lipinski definition) is 15. The van der Waals surface area contributed by atoms with Gasteiger partial charge in [0.1, 0.15) is 47.7 Å². The Kier molecular flexibility index (Phi) is 8.43. The monoisotopic (exact) mass is 626 g/mol. The minimum atomic E-state index is -1.93. The van der Waals surface area contributed by atoms with E-state index < -0.39 is 82.8 Å². The van der Waals surface area contributed by atoms with Crippen LogP contribution in [0.25, 0.3) is 28.4 Å². The number of fused-ring (bicyclic) bond motifs is 1. The van der Waals surface area contributed by atoms with Gasteiger partial charge in [-0.2, -0.15) is 0 Å². The Morgan fingerprint density at radius 1 is 0.822 bits per heavy atom. The summed E-state index contributed by atoms with van der Waals surface area (Å²) < 4.78 is 21.6. The lowest BCUT2D eigenvalue weighted by atomic mass is 9.99. The van der Waals surface area contributed by atoms with E-state index in [1.165, 1.54) is 48.5 Å². The van der Waals surface area contributed by atoms with Gasteiger partial charge in [-0.1, -0.05) is 6.07 Å². The van der Waals surface area contributed by atoms with Gasteiger partial charge in [0.25, 0.3) is 0 Å². The number of aliphatic hydroxyl groups excluding tert-OH is 3. The highest BCUT2D eigenvalue weighted by molar-refractivity contribution is 5.91. The molecule has 0 saturated carbocycles. The maximum Gasteiger partial charge on any atom is 0.330 e. The van der Waals surface area contributed by atoms with Crippen molar-refractivity contribution in [2.75, 3.05) is 6.61 Å². The third-order valence-electron chi connectivity index (χ3n) is 6.91. The maximum atomic E-state index is 12.9. The predicted octanol–water partition coefficient (Wildman–Crippen LogP) is 1.14. The number of carbonyl (C=O) groups excluding carboxylic acids is 1. The molecule has 1 aliphatic heterocycles. The molecule has 0 radical (unpaired) electrons. The standard InChI is InChI=1S/C30H26O15/c31-14-5-3-13(4-6-14)29-27(40)25(38)21-17(43-29)10-18(22(35)24(21)37)44-30-28(41)26(39)23(36)19(45-30)11-42-20(34)8-2-12-1-7-15(32)16(33)9-12/h1-10,19,23,26,28,30-33,35-37,39-41H,11H2/t19-,23-,26+,28-,30-/m1/s1. The van der Waals surface area contributed by atoms with Crippen molar-refractivity contribution in [3.8, 4) is 51.6 Å². The minimum absolute atomic E-state index is 0.0993. The smallest absolute Gasteiger partial charge is 0.330 e. The van der Waals surface area contributed by atoms with Gasteiger partial charge < -0.3 is 64.6 Å². The van der Waals surface area contributed by atoms with Crippen molar-refractivity contribution in [1.29, 1.82) is 0 Å². The molecule has 0 unspecified atom stereocenters. The molecule has 0 bridgehead atoms. The molecule has 0 aliphatic carbocycles.